The first kappa shape index (κ1) is 21.3. The van der Waals surface area contributed by atoms with E-state index in [1.807, 2.05) is 58.0 Å². The lowest BCUT2D eigenvalue weighted by atomic mass is 10.0. The van der Waals surface area contributed by atoms with Gasteiger partial charge in [-0.1, -0.05) is 30.3 Å². The molecule has 1 aromatic carbocycles. The Morgan fingerprint density at radius 1 is 1.04 bits per heavy atom. The zero-order valence-corrected chi connectivity index (χ0v) is 16.3. The Morgan fingerprint density at radius 2 is 1.73 bits per heavy atom. The van der Waals surface area contributed by atoms with E-state index >= 15 is 0 Å². The SMILES string of the molecule is COC[C@@H]1OC(c2ccccc2)O[C@H]([C@H](O)COC(C)C)[C@@H]1OC(C)C. The molecule has 26 heavy (non-hydrogen) atoms. The maximum atomic E-state index is 10.7. The predicted octanol–water partition coefficient (Wildman–Crippen LogP) is 2.70. The van der Waals surface area contributed by atoms with Crippen LogP contribution in [0.15, 0.2) is 30.3 Å². The molecule has 1 heterocycles. The van der Waals surface area contributed by atoms with Crippen LogP contribution in [0.25, 0.3) is 0 Å². The van der Waals surface area contributed by atoms with Crippen molar-refractivity contribution in [2.45, 2.75) is 70.6 Å². The second-order valence-electron chi connectivity index (χ2n) is 7.07. The molecule has 0 spiro atoms. The maximum absolute atomic E-state index is 10.7. The molecule has 0 bridgehead atoms. The molecule has 6 heteroatoms. The molecule has 2 rings (SSSR count). The number of hydrogen-bond acceptors (Lipinski definition) is 6. The Kier molecular flexibility index (Phi) is 8.47. The van der Waals surface area contributed by atoms with E-state index in [9.17, 15) is 5.11 Å². The van der Waals surface area contributed by atoms with Crippen molar-refractivity contribution in [2.24, 2.45) is 0 Å². The molecule has 1 saturated heterocycles. The van der Waals surface area contributed by atoms with E-state index in [0.29, 0.717) is 6.61 Å². The van der Waals surface area contributed by atoms with E-state index in [0.717, 1.165) is 5.56 Å². The lowest BCUT2D eigenvalue weighted by Crippen LogP contribution is -2.56. The molecule has 0 amide bonds. The number of aliphatic hydroxyl groups excluding tert-OH is 1. The number of ether oxygens (including phenoxy) is 5. The molecule has 1 aromatic rings. The molecular formula is C20H32O6. The van der Waals surface area contributed by atoms with Gasteiger partial charge in [-0.15, -0.1) is 0 Å². The first-order valence-electron chi connectivity index (χ1n) is 9.22. The predicted molar refractivity (Wildman–Crippen MR) is 97.9 cm³/mol. The summed E-state index contributed by atoms with van der Waals surface area (Å²) >= 11 is 0. The fourth-order valence-electron chi connectivity index (χ4n) is 2.94. The van der Waals surface area contributed by atoms with Crippen LogP contribution < -0.4 is 0 Å². The highest BCUT2D eigenvalue weighted by molar-refractivity contribution is 5.16. The molecule has 6 nitrogen and oxygen atoms in total. The Balaban J connectivity index is 2.23. The third-order valence-electron chi connectivity index (χ3n) is 4.08. The van der Waals surface area contributed by atoms with Gasteiger partial charge in [-0.05, 0) is 27.7 Å². The number of aliphatic hydroxyl groups is 1. The van der Waals surface area contributed by atoms with Crippen LogP contribution in [0.2, 0.25) is 0 Å². The molecule has 5 atom stereocenters. The summed E-state index contributed by atoms with van der Waals surface area (Å²) in [5, 5.41) is 10.7. The third kappa shape index (κ3) is 6.01. The summed E-state index contributed by atoms with van der Waals surface area (Å²) in [7, 11) is 1.62. The van der Waals surface area contributed by atoms with Crippen molar-refractivity contribution in [3.8, 4) is 0 Å². The van der Waals surface area contributed by atoms with Crippen molar-refractivity contribution in [2.75, 3.05) is 20.3 Å². The molecular weight excluding hydrogens is 336 g/mol. The van der Waals surface area contributed by atoms with Crippen LogP contribution >= 0.6 is 0 Å². The molecule has 0 aromatic heterocycles. The highest BCUT2D eigenvalue weighted by Crippen LogP contribution is 2.33. The van der Waals surface area contributed by atoms with Crippen molar-refractivity contribution in [1.29, 1.82) is 0 Å². The minimum atomic E-state index is -0.837. The van der Waals surface area contributed by atoms with E-state index in [1.165, 1.54) is 0 Å². The van der Waals surface area contributed by atoms with Crippen LogP contribution in [0.4, 0.5) is 0 Å². The normalized spacial score (nSPS) is 27.8. The van der Waals surface area contributed by atoms with Crippen LogP contribution in [0, 0.1) is 0 Å². The fraction of sp³-hybridized carbons (Fsp3) is 0.700. The quantitative estimate of drug-likeness (QED) is 0.723. The highest BCUT2D eigenvalue weighted by atomic mass is 16.7. The van der Waals surface area contributed by atoms with Gasteiger partial charge in [0, 0.05) is 12.7 Å². The first-order chi connectivity index (χ1) is 12.4. The monoisotopic (exact) mass is 368 g/mol. The fourth-order valence-corrected chi connectivity index (χ4v) is 2.94. The highest BCUT2D eigenvalue weighted by Gasteiger charge is 2.44. The topological polar surface area (TPSA) is 66.4 Å². The van der Waals surface area contributed by atoms with Crippen molar-refractivity contribution in [3.05, 3.63) is 35.9 Å². The van der Waals surface area contributed by atoms with Crippen LogP contribution in [-0.2, 0) is 23.7 Å². The second kappa shape index (κ2) is 10.3. The second-order valence-corrected chi connectivity index (χ2v) is 7.07. The van der Waals surface area contributed by atoms with Crippen molar-refractivity contribution in [1.82, 2.24) is 0 Å². The molecule has 1 fully saturated rings. The molecule has 0 radical (unpaired) electrons. The van der Waals surface area contributed by atoms with Gasteiger partial charge in [-0.3, -0.25) is 0 Å². The Bertz CT molecular complexity index is 506. The summed E-state index contributed by atoms with van der Waals surface area (Å²) < 4.78 is 29.2. The summed E-state index contributed by atoms with van der Waals surface area (Å²) in [5.41, 5.74) is 0.888. The van der Waals surface area contributed by atoms with E-state index in [4.69, 9.17) is 23.7 Å². The number of hydrogen-bond donors (Lipinski definition) is 1. The first-order valence-corrected chi connectivity index (χ1v) is 9.22. The lowest BCUT2D eigenvalue weighted by Gasteiger charge is -2.44. The average molecular weight is 368 g/mol. The van der Waals surface area contributed by atoms with Gasteiger partial charge in [0.15, 0.2) is 6.29 Å². The number of benzene rings is 1. The minimum absolute atomic E-state index is 0.0219. The van der Waals surface area contributed by atoms with Gasteiger partial charge in [-0.2, -0.15) is 0 Å². The summed E-state index contributed by atoms with van der Waals surface area (Å²) in [4.78, 5) is 0. The van der Waals surface area contributed by atoms with Gasteiger partial charge in [0.05, 0.1) is 25.4 Å². The van der Waals surface area contributed by atoms with Gasteiger partial charge >= 0.3 is 0 Å². The van der Waals surface area contributed by atoms with Gasteiger partial charge in [0.2, 0.25) is 0 Å². The van der Waals surface area contributed by atoms with Crippen molar-refractivity contribution in [3.63, 3.8) is 0 Å². The Hall–Kier alpha value is -1.02. The summed E-state index contributed by atoms with van der Waals surface area (Å²) in [6, 6.07) is 9.67. The van der Waals surface area contributed by atoms with Crippen LogP contribution in [0.1, 0.15) is 39.5 Å². The van der Waals surface area contributed by atoms with Gasteiger partial charge in [-0.25, -0.2) is 0 Å². The molecule has 148 valence electrons. The molecule has 1 aliphatic heterocycles. The maximum Gasteiger partial charge on any atom is 0.184 e. The van der Waals surface area contributed by atoms with E-state index < -0.39 is 24.6 Å². The van der Waals surface area contributed by atoms with Gasteiger partial charge < -0.3 is 28.8 Å². The van der Waals surface area contributed by atoms with Crippen LogP contribution in [0.5, 0.6) is 0 Å². The van der Waals surface area contributed by atoms with Gasteiger partial charge in [0.1, 0.15) is 24.4 Å². The minimum Gasteiger partial charge on any atom is -0.388 e. The van der Waals surface area contributed by atoms with Crippen molar-refractivity contribution >= 4 is 0 Å². The van der Waals surface area contributed by atoms with Gasteiger partial charge in [0.25, 0.3) is 0 Å². The summed E-state index contributed by atoms with van der Waals surface area (Å²) in [6.45, 7) is 8.27. The number of methoxy groups -OCH3 is 1. The van der Waals surface area contributed by atoms with E-state index in [2.05, 4.69) is 0 Å². The molecule has 1 aliphatic rings. The largest absolute Gasteiger partial charge is 0.388 e. The third-order valence-corrected chi connectivity index (χ3v) is 4.08. The summed E-state index contributed by atoms with van der Waals surface area (Å²) in [5.74, 6) is 0. The summed E-state index contributed by atoms with van der Waals surface area (Å²) in [6.07, 6.45) is -2.86. The van der Waals surface area contributed by atoms with E-state index in [-0.39, 0.29) is 24.9 Å². The Labute approximate surface area is 156 Å². The molecule has 1 N–H and O–H groups in total. The van der Waals surface area contributed by atoms with E-state index in [1.54, 1.807) is 7.11 Å². The standard InChI is InChI=1S/C20H32O6/c1-13(2)23-11-16(21)18-19(24-14(3)4)17(12-22-5)25-20(26-18)15-9-7-6-8-10-15/h6-10,13-14,16-21H,11-12H2,1-5H3/t16-,17+,18-,19-,20?/m1/s1. The van der Waals surface area contributed by atoms with Crippen LogP contribution in [-0.4, -0.2) is 62.1 Å². The Morgan fingerprint density at radius 3 is 2.31 bits per heavy atom. The average Bonchev–Trinajstić information content (AvgIpc) is 2.61. The molecule has 1 unspecified atom stereocenters. The van der Waals surface area contributed by atoms with Crippen LogP contribution in [0.3, 0.4) is 0 Å². The number of rotatable bonds is 9. The smallest absolute Gasteiger partial charge is 0.184 e. The molecule has 0 saturated carbocycles. The van der Waals surface area contributed by atoms with Crippen molar-refractivity contribution < 1.29 is 28.8 Å². The zero-order chi connectivity index (χ0) is 19.1. The zero-order valence-electron chi connectivity index (χ0n) is 16.3. The molecule has 0 aliphatic carbocycles. The lowest BCUT2D eigenvalue weighted by molar-refractivity contribution is -0.324.